The van der Waals surface area contributed by atoms with E-state index in [0.717, 1.165) is 22.5 Å². The van der Waals surface area contributed by atoms with Crippen molar-refractivity contribution < 1.29 is 9.53 Å². The van der Waals surface area contributed by atoms with Crippen molar-refractivity contribution in [3.05, 3.63) is 90.0 Å². The number of carbonyl (C=O) groups excluding carboxylic acids is 1. The Hall–Kier alpha value is -3.21. The minimum atomic E-state index is -0.652. The molecule has 1 atom stereocenters. The first-order valence-corrected chi connectivity index (χ1v) is 8.01. The van der Waals surface area contributed by atoms with Crippen LogP contribution in [0.3, 0.4) is 0 Å². The topological polar surface area (TPSA) is 67.3 Å². The third kappa shape index (κ3) is 4.20. The fraction of sp³-hybridized carbons (Fsp3) is 0.150. The highest BCUT2D eigenvalue weighted by Crippen LogP contribution is 2.14. The van der Waals surface area contributed by atoms with E-state index in [1.165, 1.54) is 7.11 Å². The molecule has 1 aromatic heterocycles. The molecule has 2 aromatic carbocycles. The number of aromatic nitrogens is 2. The summed E-state index contributed by atoms with van der Waals surface area (Å²) in [6.45, 7) is 0. The van der Waals surface area contributed by atoms with Crippen LogP contribution in [-0.4, -0.2) is 34.8 Å². The lowest BCUT2D eigenvalue weighted by atomic mass is 10.0. The molecular formula is C20H19N3O2. The van der Waals surface area contributed by atoms with Gasteiger partial charge in [-0.25, -0.2) is 9.78 Å². The molecule has 0 saturated heterocycles. The van der Waals surface area contributed by atoms with Crippen LogP contribution < -0.4 is 0 Å². The van der Waals surface area contributed by atoms with Crippen molar-refractivity contribution in [3.8, 4) is 0 Å². The van der Waals surface area contributed by atoms with E-state index in [4.69, 9.17) is 9.73 Å². The van der Waals surface area contributed by atoms with Gasteiger partial charge >= 0.3 is 5.97 Å². The van der Waals surface area contributed by atoms with Crippen LogP contribution in [0, 0.1) is 0 Å². The predicted molar refractivity (Wildman–Crippen MR) is 96.6 cm³/mol. The summed E-state index contributed by atoms with van der Waals surface area (Å²) in [6.07, 6.45) is 3.68. The number of carbonyl (C=O) groups is 1. The second-order valence-electron chi connectivity index (χ2n) is 5.53. The van der Waals surface area contributed by atoms with Crippen molar-refractivity contribution in [2.45, 2.75) is 12.5 Å². The maximum absolute atomic E-state index is 12.3. The van der Waals surface area contributed by atoms with E-state index in [0.29, 0.717) is 6.42 Å². The maximum atomic E-state index is 12.3. The number of imidazole rings is 1. The smallest absolute Gasteiger partial charge is 0.331 e. The van der Waals surface area contributed by atoms with E-state index in [1.807, 2.05) is 60.7 Å². The van der Waals surface area contributed by atoms with Gasteiger partial charge in [-0.1, -0.05) is 60.7 Å². The van der Waals surface area contributed by atoms with E-state index in [1.54, 1.807) is 12.5 Å². The van der Waals surface area contributed by atoms with E-state index in [2.05, 4.69) is 9.97 Å². The lowest BCUT2D eigenvalue weighted by molar-refractivity contribution is -0.142. The highest BCUT2D eigenvalue weighted by atomic mass is 16.5. The maximum Gasteiger partial charge on any atom is 0.331 e. The molecule has 1 N–H and O–H groups in total. The molecule has 0 unspecified atom stereocenters. The number of aromatic amines is 1. The van der Waals surface area contributed by atoms with Gasteiger partial charge in [0.2, 0.25) is 0 Å². The number of aliphatic imine (C=N–C) groups is 1. The van der Waals surface area contributed by atoms with Crippen molar-refractivity contribution >= 4 is 11.7 Å². The number of hydrogen-bond acceptors (Lipinski definition) is 4. The van der Waals surface area contributed by atoms with Crippen molar-refractivity contribution in [2.75, 3.05) is 7.11 Å². The number of ether oxygens (including phenoxy) is 1. The summed E-state index contributed by atoms with van der Waals surface area (Å²) < 4.78 is 4.95. The molecule has 25 heavy (non-hydrogen) atoms. The van der Waals surface area contributed by atoms with Crippen LogP contribution in [0.1, 0.15) is 16.8 Å². The van der Waals surface area contributed by atoms with Gasteiger partial charge in [-0.15, -0.1) is 0 Å². The molecule has 0 aliphatic rings. The largest absolute Gasteiger partial charge is 0.467 e. The Morgan fingerprint density at radius 2 is 1.68 bits per heavy atom. The summed E-state index contributed by atoms with van der Waals surface area (Å²) in [5.74, 6) is -0.376. The number of methoxy groups -OCH3 is 1. The van der Waals surface area contributed by atoms with E-state index in [9.17, 15) is 4.79 Å². The third-order valence-electron chi connectivity index (χ3n) is 3.82. The van der Waals surface area contributed by atoms with Crippen molar-refractivity contribution in [3.63, 3.8) is 0 Å². The fourth-order valence-electron chi connectivity index (χ4n) is 2.59. The second-order valence-corrected chi connectivity index (χ2v) is 5.53. The van der Waals surface area contributed by atoms with Crippen LogP contribution in [0.15, 0.2) is 78.2 Å². The van der Waals surface area contributed by atoms with Gasteiger partial charge in [-0.2, -0.15) is 0 Å². The fourth-order valence-corrected chi connectivity index (χ4v) is 2.59. The van der Waals surface area contributed by atoms with Gasteiger partial charge in [-0.3, -0.25) is 4.99 Å². The zero-order valence-electron chi connectivity index (χ0n) is 13.9. The Labute approximate surface area is 146 Å². The molecule has 1 heterocycles. The van der Waals surface area contributed by atoms with Gasteiger partial charge in [0.05, 0.1) is 19.1 Å². The van der Waals surface area contributed by atoms with Gasteiger partial charge < -0.3 is 9.72 Å². The molecule has 3 aromatic rings. The van der Waals surface area contributed by atoms with Crippen LogP contribution in [0.4, 0.5) is 0 Å². The Kier molecular flexibility index (Phi) is 5.36. The summed E-state index contributed by atoms with van der Waals surface area (Å²) in [6, 6.07) is 19.0. The molecule has 3 rings (SSSR count). The molecule has 0 aliphatic heterocycles. The van der Waals surface area contributed by atoms with E-state index in [-0.39, 0.29) is 5.97 Å². The van der Waals surface area contributed by atoms with Crippen molar-refractivity contribution in [1.29, 1.82) is 0 Å². The lowest BCUT2D eigenvalue weighted by Crippen LogP contribution is -2.25. The number of esters is 1. The SMILES string of the molecule is COC(=O)[C@@H](Cc1cnc[nH]1)N=C(c1ccccc1)c1ccccc1. The van der Waals surface area contributed by atoms with Gasteiger partial charge in [0.25, 0.3) is 0 Å². The standard InChI is InChI=1S/C20H19N3O2/c1-25-20(24)18(12-17-13-21-14-22-17)23-19(15-8-4-2-5-9-15)16-10-6-3-7-11-16/h2-11,13-14,18H,12H2,1H3,(H,21,22)/t18-/m1/s1. The number of H-pyrrole nitrogens is 1. The predicted octanol–water partition coefficient (Wildman–Crippen LogP) is 3.03. The summed E-state index contributed by atoms with van der Waals surface area (Å²) in [5, 5.41) is 0. The highest BCUT2D eigenvalue weighted by molar-refractivity contribution is 6.13. The summed E-state index contributed by atoms with van der Waals surface area (Å²) >= 11 is 0. The Morgan fingerprint density at radius 3 is 2.16 bits per heavy atom. The summed E-state index contributed by atoms with van der Waals surface area (Å²) in [5.41, 5.74) is 3.50. The highest BCUT2D eigenvalue weighted by Gasteiger charge is 2.21. The molecule has 0 radical (unpaired) electrons. The first-order chi connectivity index (χ1) is 12.3. The quantitative estimate of drug-likeness (QED) is 0.557. The number of nitrogens with one attached hydrogen (secondary N) is 1. The Morgan fingerprint density at radius 1 is 1.08 bits per heavy atom. The van der Waals surface area contributed by atoms with Gasteiger partial charge in [0, 0.05) is 29.4 Å². The molecule has 5 nitrogen and oxygen atoms in total. The van der Waals surface area contributed by atoms with Crippen LogP contribution >= 0.6 is 0 Å². The van der Waals surface area contributed by atoms with E-state index < -0.39 is 6.04 Å². The first-order valence-electron chi connectivity index (χ1n) is 8.01. The molecule has 5 heteroatoms. The monoisotopic (exact) mass is 333 g/mol. The average molecular weight is 333 g/mol. The number of rotatable bonds is 6. The zero-order valence-corrected chi connectivity index (χ0v) is 13.9. The molecular weight excluding hydrogens is 314 g/mol. The Balaban J connectivity index is 2.03. The average Bonchev–Trinajstić information content (AvgIpc) is 3.19. The summed E-state index contributed by atoms with van der Waals surface area (Å²) in [7, 11) is 1.38. The molecule has 0 spiro atoms. The summed E-state index contributed by atoms with van der Waals surface area (Å²) in [4.78, 5) is 24.0. The lowest BCUT2D eigenvalue weighted by Gasteiger charge is -2.14. The van der Waals surface area contributed by atoms with Crippen molar-refractivity contribution in [2.24, 2.45) is 4.99 Å². The van der Waals surface area contributed by atoms with Crippen LogP contribution in [-0.2, 0) is 16.0 Å². The number of benzene rings is 2. The van der Waals surface area contributed by atoms with Gasteiger partial charge in [0.15, 0.2) is 6.04 Å². The zero-order chi connectivity index (χ0) is 17.5. The van der Waals surface area contributed by atoms with Gasteiger partial charge in [0.1, 0.15) is 0 Å². The van der Waals surface area contributed by atoms with Crippen molar-refractivity contribution in [1.82, 2.24) is 9.97 Å². The van der Waals surface area contributed by atoms with Crippen LogP contribution in [0.5, 0.6) is 0 Å². The molecule has 0 bridgehead atoms. The van der Waals surface area contributed by atoms with Gasteiger partial charge in [-0.05, 0) is 0 Å². The van der Waals surface area contributed by atoms with E-state index >= 15 is 0 Å². The van der Waals surface area contributed by atoms with Crippen LogP contribution in [0.2, 0.25) is 0 Å². The normalized spacial score (nSPS) is 11.6. The minimum absolute atomic E-state index is 0.376. The molecule has 0 aliphatic carbocycles. The molecule has 126 valence electrons. The van der Waals surface area contributed by atoms with Crippen LogP contribution in [0.25, 0.3) is 0 Å². The Bertz CT molecular complexity index is 786. The number of nitrogens with zero attached hydrogens (tertiary/aromatic N) is 2. The molecule has 0 fully saturated rings. The number of hydrogen-bond donors (Lipinski definition) is 1. The second kappa shape index (κ2) is 8.06. The first kappa shape index (κ1) is 16.6. The minimum Gasteiger partial charge on any atom is -0.467 e. The molecule has 0 amide bonds. The molecule has 0 saturated carbocycles. The third-order valence-corrected chi connectivity index (χ3v) is 3.82.